The number of aromatic nitrogens is 4. The van der Waals surface area contributed by atoms with Crippen LogP contribution in [0.2, 0.25) is 0 Å². The lowest BCUT2D eigenvalue weighted by Crippen LogP contribution is -2.20. The minimum absolute atomic E-state index is 0.153. The standard InChI is InChI=1S/C24H17N5O/c25-15-17-8-5-4-7-16(17)12-13-20-21-22(28-27-20)19-11-6-14-26-23(19)29(24(21)30)18-9-2-1-3-10-18/h1-11,14H,12-13H2,(H,27,28). The minimum Gasteiger partial charge on any atom is -0.281 e. The number of benzene rings is 2. The van der Waals surface area contributed by atoms with Crippen LogP contribution in [0.3, 0.4) is 0 Å². The molecule has 0 aliphatic rings. The molecule has 30 heavy (non-hydrogen) atoms. The van der Waals surface area contributed by atoms with Crippen molar-refractivity contribution >= 4 is 21.9 Å². The third kappa shape index (κ3) is 2.85. The van der Waals surface area contributed by atoms with Gasteiger partial charge in [-0.15, -0.1) is 0 Å². The van der Waals surface area contributed by atoms with Gasteiger partial charge in [0.05, 0.1) is 22.7 Å². The number of aromatic amines is 1. The van der Waals surface area contributed by atoms with Gasteiger partial charge in [0.15, 0.2) is 0 Å². The van der Waals surface area contributed by atoms with E-state index in [0.29, 0.717) is 35.0 Å². The number of para-hydroxylation sites is 1. The lowest BCUT2D eigenvalue weighted by Gasteiger charge is -2.10. The Morgan fingerprint density at radius 3 is 2.60 bits per heavy atom. The number of nitrogens with one attached hydrogen (secondary N) is 1. The van der Waals surface area contributed by atoms with Crippen molar-refractivity contribution in [3.05, 3.63) is 100 Å². The Kier molecular flexibility index (Phi) is 4.34. The summed E-state index contributed by atoms with van der Waals surface area (Å²) >= 11 is 0. The molecule has 0 spiro atoms. The lowest BCUT2D eigenvalue weighted by atomic mass is 10.0. The van der Waals surface area contributed by atoms with Gasteiger partial charge < -0.3 is 0 Å². The first-order chi connectivity index (χ1) is 14.8. The molecular formula is C24H17N5O. The number of rotatable bonds is 4. The van der Waals surface area contributed by atoms with Gasteiger partial charge in [0.2, 0.25) is 0 Å². The lowest BCUT2D eigenvalue weighted by molar-refractivity contribution is 0.896. The molecule has 0 bridgehead atoms. The highest BCUT2D eigenvalue weighted by atomic mass is 16.1. The summed E-state index contributed by atoms with van der Waals surface area (Å²) in [6.45, 7) is 0. The van der Waals surface area contributed by atoms with Crippen molar-refractivity contribution in [2.45, 2.75) is 12.8 Å². The maximum atomic E-state index is 13.6. The number of hydrogen-bond donors (Lipinski definition) is 1. The summed E-state index contributed by atoms with van der Waals surface area (Å²) in [7, 11) is 0. The summed E-state index contributed by atoms with van der Waals surface area (Å²) in [5.41, 5.74) is 4.17. The van der Waals surface area contributed by atoms with E-state index in [0.717, 1.165) is 22.3 Å². The molecule has 3 aromatic heterocycles. The fourth-order valence-corrected chi connectivity index (χ4v) is 3.88. The molecule has 0 amide bonds. The molecule has 6 nitrogen and oxygen atoms in total. The molecule has 6 heteroatoms. The fraction of sp³-hybridized carbons (Fsp3) is 0.0833. The normalized spacial score (nSPS) is 11.0. The van der Waals surface area contributed by atoms with Gasteiger partial charge in [0, 0.05) is 17.3 Å². The van der Waals surface area contributed by atoms with Crippen LogP contribution in [-0.4, -0.2) is 19.7 Å². The highest BCUT2D eigenvalue weighted by Crippen LogP contribution is 2.24. The van der Waals surface area contributed by atoms with Crippen LogP contribution in [0.15, 0.2) is 77.7 Å². The van der Waals surface area contributed by atoms with Gasteiger partial charge >= 0.3 is 0 Å². The average Bonchev–Trinajstić information content (AvgIpc) is 3.23. The van der Waals surface area contributed by atoms with Crippen molar-refractivity contribution in [1.29, 1.82) is 5.26 Å². The van der Waals surface area contributed by atoms with E-state index in [9.17, 15) is 10.1 Å². The van der Waals surface area contributed by atoms with E-state index in [2.05, 4.69) is 21.3 Å². The third-order valence-electron chi connectivity index (χ3n) is 5.31. The summed E-state index contributed by atoms with van der Waals surface area (Å²) in [5, 5.41) is 18.2. The molecule has 0 radical (unpaired) electrons. The first kappa shape index (κ1) is 17.8. The van der Waals surface area contributed by atoms with Crippen molar-refractivity contribution < 1.29 is 0 Å². The van der Waals surface area contributed by atoms with E-state index in [1.165, 1.54) is 0 Å². The third-order valence-corrected chi connectivity index (χ3v) is 5.31. The van der Waals surface area contributed by atoms with Gasteiger partial charge in [0.25, 0.3) is 5.56 Å². The molecule has 0 atom stereocenters. The van der Waals surface area contributed by atoms with Gasteiger partial charge in [-0.25, -0.2) is 4.98 Å². The number of aryl methyl sites for hydroxylation is 2. The Bertz CT molecular complexity index is 1480. The fourth-order valence-electron chi connectivity index (χ4n) is 3.88. The Morgan fingerprint density at radius 2 is 1.77 bits per heavy atom. The number of hydrogen-bond acceptors (Lipinski definition) is 4. The predicted molar refractivity (Wildman–Crippen MR) is 116 cm³/mol. The zero-order chi connectivity index (χ0) is 20.5. The van der Waals surface area contributed by atoms with Crippen LogP contribution < -0.4 is 5.56 Å². The van der Waals surface area contributed by atoms with Crippen LogP contribution in [0, 0.1) is 11.3 Å². The maximum Gasteiger partial charge on any atom is 0.268 e. The molecule has 1 N–H and O–H groups in total. The summed E-state index contributed by atoms with van der Waals surface area (Å²) in [4.78, 5) is 18.0. The average molecular weight is 391 g/mol. The largest absolute Gasteiger partial charge is 0.281 e. The Labute approximate surface area is 172 Å². The number of H-pyrrole nitrogens is 1. The first-order valence-electron chi connectivity index (χ1n) is 9.68. The molecule has 0 saturated carbocycles. The molecular weight excluding hydrogens is 374 g/mol. The highest BCUT2D eigenvalue weighted by Gasteiger charge is 2.18. The second-order valence-corrected chi connectivity index (χ2v) is 7.05. The summed E-state index contributed by atoms with van der Waals surface area (Å²) in [6.07, 6.45) is 2.89. The van der Waals surface area contributed by atoms with Crippen LogP contribution in [0.25, 0.3) is 27.6 Å². The van der Waals surface area contributed by atoms with E-state index < -0.39 is 0 Å². The van der Waals surface area contributed by atoms with E-state index in [1.807, 2.05) is 66.7 Å². The SMILES string of the molecule is N#Cc1ccccc1CCc1[nH]nc2c1c(=O)n(-c1ccccc1)c1ncccc21. The van der Waals surface area contributed by atoms with Crippen LogP contribution in [0.1, 0.15) is 16.8 Å². The zero-order valence-electron chi connectivity index (χ0n) is 16.0. The molecule has 5 aromatic rings. The molecule has 2 aromatic carbocycles. The van der Waals surface area contributed by atoms with Crippen molar-refractivity contribution in [1.82, 2.24) is 19.7 Å². The quantitative estimate of drug-likeness (QED) is 0.503. The molecule has 144 valence electrons. The molecule has 0 fully saturated rings. The Morgan fingerprint density at radius 1 is 0.967 bits per heavy atom. The number of fused-ring (bicyclic) bond motifs is 3. The van der Waals surface area contributed by atoms with Crippen LogP contribution in [-0.2, 0) is 12.8 Å². The van der Waals surface area contributed by atoms with Crippen molar-refractivity contribution in [3.8, 4) is 11.8 Å². The second-order valence-electron chi connectivity index (χ2n) is 7.05. The van der Waals surface area contributed by atoms with Crippen LogP contribution >= 0.6 is 0 Å². The summed E-state index contributed by atoms with van der Waals surface area (Å²) in [5.74, 6) is 0. The Balaban J connectivity index is 1.70. The predicted octanol–water partition coefficient (Wildman–Crippen LogP) is 3.92. The molecule has 0 unspecified atom stereocenters. The zero-order valence-corrected chi connectivity index (χ0v) is 16.0. The van der Waals surface area contributed by atoms with Gasteiger partial charge in [0.1, 0.15) is 11.2 Å². The van der Waals surface area contributed by atoms with Gasteiger partial charge in [-0.1, -0.05) is 36.4 Å². The smallest absolute Gasteiger partial charge is 0.268 e. The molecule has 0 saturated heterocycles. The van der Waals surface area contributed by atoms with Gasteiger partial charge in [-0.05, 0) is 48.7 Å². The van der Waals surface area contributed by atoms with E-state index in [1.54, 1.807) is 10.8 Å². The molecule has 3 heterocycles. The topological polar surface area (TPSA) is 87.4 Å². The molecule has 0 aliphatic carbocycles. The van der Waals surface area contributed by atoms with Crippen LogP contribution in [0.5, 0.6) is 0 Å². The van der Waals surface area contributed by atoms with Crippen LogP contribution in [0.4, 0.5) is 0 Å². The van der Waals surface area contributed by atoms with E-state index in [-0.39, 0.29) is 5.56 Å². The molecule has 5 rings (SSSR count). The highest BCUT2D eigenvalue weighted by molar-refractivity contribution is 6.03. The van der Waals surface area contributed by atoms with E-state index in [4.69, 9.17) is 0 Å². The van der Waals surface area contributed by atoms with E-state index >= 15 is 0 Å². The monoisotopic (exact) mass is 391 g/mol. The first-order valence-corrected chi connectivity index (χ1v) is 9.68. The van der Waals surface area contributed by atoms with Crippen molar-refractivity contribution in [3.63, 3.8) is 0 Å². The molecule has 0 aliphatic heterocycles. The minimum atomic E-state index is -0.153. The Hall–Kier alpha value is -4.24. The van der Waals surface area contributed by atoms with Gasteiger partial charge in [-0.2, -0.15) is 10.4 Å². The van der Waals surface area contributed by atoms with Crippen molar-refractivity contribution in [2.24, 2.45) is 0 Å². The number of pyridine rings is 2. The number of nitrogens with zero attached hydrogens (tertiary/aromatic N) is 4. The van der Waals surface area contributed by atoms with Crippen molar-refractivity contribution in [2.75, 3.05) is 0 Å². The second kappa shape index (κ2) is 7.30. The summed E-state index contributed by atoms with van der Waals surface area (Å²) < 4.78 is 1.64. The summed E-state index contributed by atoms with van der Waals surface area (Å²) in [6, 6.07) is 23.0. The van der Waals surface area contributed by atoms with Gasteiger partial charge in [-0.3, -0.25) is 14.5 Å². The number of nitriles is 1. The maximum absolute atomic E-state index is 13.6.